The molecular weight excluding hydrogens is 363 g/mol. The molecule has 18 heavy (non-hydrogen) atoms. The molecule has 1 aromatic carbocycles. The molecule has 0 heterocycles. The van der Waals surface area contributed by atoms with Gasteiger partial charge in [-0.15, -0.1) is 0 Å². The van der Waals surface area contributed by atoms with Crippen molar-refractivity contribution >= 4 is 47.3 Å². The summed E-state index contributed by atoms with van der Waals surface area (Å²) in [5, 5.41) is 0.215. The Morgan fingerprint density at radius 1 is 1.39 bits per heavy atom. The van der Waals surface area contributed by atoms with Crippen LogP contribution in [0.3, 0.4) is 0 Å². The van der Waals surface area contributed by atoms with Crippen LogP contribution in [0.2, 0.25) is 5.02 Å². The predicted octanol–water partition coefficient (Wildman–Crippen LogP) is 4.45. The van der Waals surface area contributed by atoms with E-state index in [9.17, 15) is 8.42 Å². The van der Waals surface area contributed by atoms with E-state index >= 15 is 0 Å². The maximum absolute atomic E-state index is 11.5. The van der Waals surface area contributed by atoms with E-state index in [1.54, 1.807) is 6.07 Å². The standard InChI is InChI=1S/C11H13BrCl2O3S/c1-7(2)3-4-17-11-9(13)5-8(12)6-10(11)18(14,15)16/h5-7H,3-4H2,1-2H3. The van der Waals surface area contributed by atoms with E-state index in [0.29, 0.717) is 17.0 Å². The first kappa shape index (κ1) is 16.1. The highest BCUT2D eigenvalue weighted by Crippen LogP contribution is 2.37. The lowest BCUT2D eigenvalue weighted by atomic mass is 10.1. The van der Waals surface area contributed by atoms with Crippen molar-refractivity contribution < 1.29 is 13.2 Å². The zero-order chi connectivity index (χ0) is 13.9. The molecule has 3 nitrogen and oxygen atoms in total. The molecule has 7 heteroatoms. The Morgan fingerprint density at radius 2 is 2.00 bits per heavy atom. The van der Waals surface area contributed by atoms with Crippen LogP contribution in [0, 0.1) is 5.92 Å². The summed E-state index contributed by atoms with van der Waals surface area (Å²) in [5.41, 5.74) is 0. The van der Waals surface area contributed by atoms with E-state index in [1.165, 1.54) is 6.07 Å². The summed E-state index contributed by atoms with van der Waals surface area (Å²) < 4.78 is 28.9. The van der Waals surface area contributed by atoms with Gasteiger partial charge < -0.3 is 4.74 Å². The van der Waals surface area contributed by atoms with Crippen molar-refractivity contribution in [3.8, 4) is 5.75 Å². The normalized spacial score (nSPS) is 11.9. The Hall–Kier alpha value is 0.0300. The summed E-state index contributed by atoms with van der Waals surface area (Å²) in [6.07, 6.45) is 0.800. The van der Waals surface area contributed by atoms with Crippen molar-refractivity contribution in [2.24, 2.45) is 5.92 Å². The highest BCUT2D eigenvalue weighted by atomic mass is 79.9. The second kappa shape index (κ2) is 6.46. The highest BCUT2D eigenvalue weighted by Gasteiger charge is 2.21. The van der Waals surface area contributed by atoms with E-state index < -0.39 is 9.05 Å². The molecule has 102 valence electrons. The molecule has 0 fully saturated rings. The summed E-state index contributed by atoms with van der Waals surface area (Å²) in [5.74, 6) is 0.561. The van der Waals surface area contributed by atoms with E-state index in [0.717, 1.165) is 6.42 Å². The molecule has 0 aliphatic heterocycles. The lowest BCUT2D eigenvalue weighted by Gasteiger charge is -2.13. The minimum atomic E-state index is -3.90. The van der Waals surface area contributed by atoms with Crippen LogP contribution in [-0.2, 0) is 9.05 Å². The van der Waals surface area contributed by atoms with E-state index in [-0.39, 0.29) is 15.7 Å². The number of rotatable bonds is 5. The Bertz CT molecular complexity index is 529. The van der Waals surface area contributed by atoms with Crippen molar-refractivity contribution in [3.63, 3.8) is 0 Å². The van der Waals surface area contributed by atoms with Gasteiger partial charge >= 0.3 is 0 Å². The van der Waals surface area contributed by atoms with Gasteiger partial charge in [0.15, 0.2) is 5.75 Å². The number of halogens is 3. The second-order valence-corrected chi connectivity index (χ2v) is 8.04. The Kier molecular flexibility index (Phi) is 5.77. The molecule has 1 aromatic rings. The molecule has 0 aromatic heterocycles. The maximum Gasteiger partial charge on any atom is 0.265 e. The first-order chi connectivity index (χ1) is 8.21. The number of benzene rings is 1. The Balaban J connectivity index is 3.09. The molecule has 0 N–H and O–H groups in total. The molecule has 0 aliphatic carbocycles. The van der Waals surface area contributed by atoms with Crippen LogP contribution < -0.4 is 4.74 Å². The second-order valence-electron chi connectivity index (χ2n) is 4.18. The largest absolute Gasteiger partial charge is 0.491 e. The molecule has 0 amide bonds. The summed E-state index contributed by atoms with van der Waals surface area (Å²) in [6.45, 7) is 4.48. The van der Waals surface area contributed by atoms with Gasteiger partial charge in [-0.1, -0.05) is 41.4 Å². The first-order valence-corrected chi connectivity index (χ1v) is 8.76. The summed E-state index contributed by atoms with van der Waals surface area (Å²) in [7, 11) is 1.47. The lowest BCUT2D eigenvalue weighted by Crippen LogP contribution is -2.05. The van der Waals surface area contributed by atoms with E-state index in [1.807, 2.05) is 13.8 Å². The smallest absolute Gasteiger partial charge is 0.265 e. The molecule has 0 bridgehead atoms. The summed E-state index contributed by atoms with van der Waals surface area (Å²) in [6, 6.07) is 2.94. The van der Waals surface area contributed by atoms with Crippen molar-refractivity contribution in [3.05, 3.63) is 21.6 Å². The highest BCUT2D eigenvalue weighted by molar-refractivity contribution is 9.10. The molecular formula is C11H13BrCl2O3S. The summed E-state index contributed by atoms with van der Waals surface area (Å²) in [4.78, 5) is -0.118. The molecule has 0 aliphatic rings. The lowest BCUT2D eigenvalue weighted by molar-refractivity contribution is 0.283. The van der Waals surface area contributed by atoms with Crippen LogP contribution >= 0.6 is 38.2 Å². The molecule has 1 rings (SSSR count). The van der Waals surface area contributed by atoms with Gasteiger partial charge in [0.2, 0.25) is 0 Å². The van der Waals surface area contributed by atoms with Crippen LogP contribution in [0.4, 0.5) is 0 Å². The number of hydrogen-bond donors (Lipinski definition) is 0. The molecule has 0 atom stereocenters. The van der Waals surface area contributed by atoms with Crippen LogP contribution in [-0.4, -0.2) is 15.0 Å². The monoisotopic (exact) mass is 374 g/mol. The number of ether oxygens (including phenoxy) is 1. The zero-order valence-electron chi connectivity index (χ0n) is 9.91. The quantitative estimate of drug-likeness (QED) is 0.713. The molecule has 0 saturated heterocycles. The molecule has 0 radical (unpaired) electrons. The Labute approximate surface area is 125 Å². The van der Waals surface area contributed by atoms with Crippen LogP contribution in [0.15, 0.2) is 21.5 Å². The average molecular weight is 376 g/mol. The van der Waals surface area contributed by atoms with Crippen LogP contribution in [0.5, 0.6) is 5.75 Å². The van der Waals surface area contributed by atoms with Gasteiger partial charge in [-0.25, -0.2) is 8.42 Å². The minimum absolute atomic E-state index is 0.107. The van der Waals surface area contributed by atoms with Crippen LogP contribution in [0.1, 0.15) is 20.3 Å². The average Bonchev–Trinajstić information content (AvgIpc) is 2.18. The third-order valence-electron chi connectivity index (χ3n) is 2.18. The third kappa shape index (κ3) is 4.61. The molecule has 0 saturated carbocycles. The van der Waals surface area contributed by atoms with Gasteiger partial charge in [-0.2, -0.15) is 0 Å². The Morgan fingerprint density at radius 3 is 2.50 bits per heavy atom. The van der Waals surface area contributed by atoms with Crippen molar-refractivity contribution in [2.75, 3.05) is 6.61 Å². The van der Waals surface area contributed by atoms with Gasteiger partial charge in [0.25, 0.3) is 9.05 Å². The van der Waals surface area contributed by atoms with E-state index in [4.69, 9.17) is 27.0 Å². The maximum atomic E-state index is 11.5. The van der Waals surface area contributed by atoms with Crippen molar-refractivity contribution in [2.45, 2.75) is 25.2 Å². The molecule has 0 spiro atoms. The van der Waals surface area contributed by atoms with Gasteiger partial charge in [0, 0.05) is 15.2 Å². The predicted molar refractivity (Wildman–Crippen MR) is 77.1 cm³/mol. The van der Waals surface area contributed by atoms with E-state index in [2.05, 4.69) is 15.9 Å². The van der Waals surface area contributed by atoms with Gasteiger partial charge in [0.05, 0.1) is 11.6 Å². The SMILES string of the molecule is CC(C)CCOc1c(Cl)cc(Br)cc1S(=O)(=O)Cl. The third-order valence-corrected chi connectivity index (χ3v) is 4.24. The minimum Gasteiger partial charge on any atom is -0.491 e. The van der Waals surface area contributed by atoms with Gasteiger partial charge in [0.1, 0.15) is 4.90 Å². The molecule has 0 unspecified atom stereocenters. The van der Waals surface area contributed by atoms with Gasteiger partial charge in [-0.3, -0.25) is 0 Å². The summed E-state index contributed by atoms with van der Waals surface area (Å²) >= 11 is 9.15. The van der Waals surface area contributed by atoms with Crippen molar-refractivity contribution in [1.29, 1.82) is 0 Å². The zero-order valence-corrected chi connectivity index (χ0v) is 13.8. The fourth-order valence-corrected chi connectivity index (χ4v) is 3.33. The van der Waals surface area contributed by atoms with Gasteiger partial charge in [-0.05, 0) is 24.5 Å². The van der Waals surface area contributed by atoms with Crippen LogP contribution in [0.25, 0.3) is 0 Å². The first-order valence-electron chi connectivity index (χ1n) is 5.28. The number of hydrogen-bond acceptors (Lipinski definition) is 3. The fourth-order valence-electron chi connectivity index (χ4n) is 1.25. The van der Waals surface area contributed by atoms with Crippen molar-refractivity contribution in [1.82, 2.24) is 0 Å². The topological polar surface area (TPSA) is 43.4 Å². The fraction of sp³-hybridized carbons (Fsp3) is 0.455.